The second-order valence-electron chi connectivity index (χ2n) is 4.76. The van der Waals surface area contributed by atoms with Gasteiger partial charge in [-0.05, 0) is 51.0 Å². The summed E-state index contributed by atoms with van der Waals surface area (Å²) in [5.41, 5.74) is 3.47. The molecule has 0 radical (unpaired) electrons. The first-order valence-electron chi connectivity index (χ1n) is 6.26. The molecule has 0 aliphatic rings. The molecule has 0 spiro atoms. The van der Waals surface area contributed by atoms with Gasteiger partial charge in [0.05, 0.1) is 12.2 Å². The highest BCUT2D eigenvalue weighted by Crippen LogP contribution is 2.27. The summed E-state index contributed by atoms with van der Waals surface area (Å²) in [4.78, 5) is 3.35. The van der Waals surface area contributed by atoms with E-state index >= 15 is 0 Å². The number of hydrogen-bond donors (Lipinski definition) is 1. The van der Waals surface area contributed by atoms with Crippen LogP contribution in [-0.4, -0.2) is 11.1 Å². The molecule has 0 aliphatic heterocycles. The number of ether oxygens (including phenoxy) is 1. The van der Waals surface area contributed by atoms with Gasteiger partial charge in [-0.25, -0.2) is 0 Å². The number of benzene rings is 1. The topological polar surface area (TPSA) is 48.8 Å². The van der Waals surface area contributed by atoms with Gasteiger partial charge in [0.15, 0.2) is 0 Å². The number of rotatable bonds is 4. The molecule has 0 amide bonds. The third-order valence-electron chi connectivity index (χ3n) is 2.95. The van der Waals surface area contributed by atoms with Gasteiger partial charge in [-0.1, -0.05) is 0 Å². The Balaban J connectivity index is 2.42. The largest absolute Gasteiger partial charge is 0.491 e. The Kier molecular flexibility index (Phi) is 3.57. The third kappa shape index (κ3) is 2.48. The van der Waals surface area contributed by atoms with E-state index in [0.717, 1.165) is 23.4 Å². The molecule has 0 unspecified atom stereocenters. The van der Waals surface area contributed by atoms with Gasteiger partial charge < -0.3 is 9.72 Å². The van der Waals surface area contributed by atoms with Gasteiger partial charge >= 0.3 is 0 Å². The van der Waals surface area contributed by atoms with E-state index in [0.29, 0.717) is 6.42 Å². The number of aryl methyl sites for hydroxylation is 2. The van der Waals surface area contributed by atoms with E-state index in [1.165, 1.54) is 10.9 Å². The molecule has 2 aromatic rings. The average Bonchev–Trinajstić information content (AvgIpc) is 2.61. The molecule has 0 saturated heterocycles. The van der Waals surface area contributed by atoms with Crippen molar-refractivity contribution in [1.29, 1.82) is 5.26 Å². The zero-order chi connectivity index (χ0) is 13.1. The van der Waals surface area contributed by atoms with Crippen LogP contribution in [0.1, 0.15) is 31.5 Å². The van der Waals surface area contributed by atoms with Gasteiger partial charge in [0.1, 0.15) is 5.75 Å². The molecule has 1 heterocycles. The van der Waals surface area contributed by atoms with Gasteiger partial charge in [-0.3, -0.25) is 0 Å². The quantitative estimate of drug-likeness (QED) is 0.888. The molecular weight excluding hydrogens is 224 g/mol. The highest BCUT2D eigenvalue weighted by molar-refractivity contribution is 5.86. The highest BCUT2D eigenvalue weighted by atomic mass is 16.5. The minimum atomic E-state index is 0.171. The van der Waals surface area contributed by atoms with Crippen molar-refractivity contribution in [2.24, 2.45) is 0 Å². The molecule has 0 aliphatic carbocycles. The number of nitrogens with zero attached hydrogens (tertiary/aromatic N) is 1. The molecule has 0 saturated carbocycles. The maximum atomic E-state index is 8.72. The van der Waals surface area contributed by atoms with Crippen molar-refractivity contribution < 1.29 is 4.74 Å². The summed E-state index contributed by atoms with van der Waals surface area (Å²) in [6.07, 6.45) is 1.50. The molecular formula is C15H18N2O. The summed E-state index contributed by atoms with van der Waals surface area (Å²) in [5, 5.41) is 9.88. The summed E-state index contributed by atoms with van der Waals surface area (Å²) >= 11 is 0. The van der Waals surface area contributed by atoms with Crippen LogP contribution in [0.5, 0.6) is 5.75 Å². The Morgan fingerprint density at radius 1 is 1.39 bits per heavy atom. The maximum absolute atomic E-state index is 8.72. The monoisotopic (exact) mass is 242 g/mol. The fraction of sp³-hybridized carbons (Fsp3) is 0.400. The van der Waals surface area contributed by atoms with Gasteiger partial charge in [0.25, 0.3) is 0 Å². The molecule has 1 N–H and O–H groups in total. The summed E-state index contributed by atoms with van der Waals surface area (Å²) in [6.45, 7) is 6.09. The first-order valence-corrected chi connectivity index (χ1v) is 6.26. The predicted molar refractivity (Wildman–Crippen MR) is 72.7 cm³/mol. The Bertz CT molecular complexity index is 590. The van der Waals surface area contributed by atoms with E-state index in [1.54, 1.807) is 0 Å². The number of aromatic nitrogens is 1. The number of H-pyrrole nitrogens is 1. The van der Waals surface area contributed by atoms with Crippen LogP contribution in [0.4, 0.5) is 0 Å². The smallest absolute Gasteiger partial charge is 0.120 e. The normalized spacial score (nSPS) is 10.8. The van der Waals surface area contributed by atoms with Crippen LogP contribution < -0.4 is 4.74 Å². The molecule has 3 heteroatoms. The van der Waals surface area contributed by atoms with E-state index in [4.69, 9.17) is 10.00 Å². The SMILES string of the molecule is Cc1[nH]c2ccc(OC(C)C)cc2c1CCC#N. The molecule has 3 nitrogen and oxygen atoms in total. The molecule has 0 atom stereocenters. The van der Waals surface area contributed by atoms with Crippen molar-refractivity contribution in [3.63, 3.8) is 0 Å². The van der Waals surface area contributed by atoms with E-state index in [9.17, 15) is 0 Å². The predicted octanol–water partition coefficient (Wildman–Crippen LogP) is 3.72. The summed E-state index contributed by atoms with van der Waals surface area (Å²) in [5.74, 6) is 0.884. The molecule has 1 aromatic carbocycles. The van der Waals surface area contributed by atoms with Gasteiger partial charge in [0.2, 0.25) is 0 Å². The zero-order valence-corrected chi connectivity index (χ0v) is 11.1. The summed E-state index contributed by atoms with van der Waals surface area (Å²) < 4.78 is 5.71. The fourth-order valence-corrected chi connectivity index (χ4v) is 2.21. The van der Waals surface area contributed by atoms with E-state index in [-0.39, 0.29) is 6.10 Å². The fourth-order valence-electron chi connectivity index (χ4n) is 2.21. The van der Waals surface area contributed by atoms with Crippen molar-refractivity contribution in [2.45, 2.75) is 39.7 Å². The average molecular weight is 242 g/mol. The molecule has 0 bridgehead atoms. The highest BCUT2D eigenvalue weighted by Gasteiger charge is 2.09. The van der Waals surface area contributed by atoms with Crippen molar-refractivity contribution in [1.82, 2.24) is 4.98 Å². The van der Waals surface area contributed by atoms with Crippen LogP contribution in [0.15, 0.2) is 18.2 Å². The van der Waals surface area contributed by atoms with E-state index in [1.807, 2.05) is 26.0 Å². The Morgan fingerprint density at radius 2 is 2.17 bits per heavy atom. The van der Waals surface area contributed by atoms with Crippen molar-refractivity contribution in [3.8, 4) is 11.8 Å². The van der Waals surface area contributed by atoms with Crippen LogP contribution in [0.3, 0.4) is 0 Å². The van der Waals surface area contributed by atoms with Crippen LogP contribution in [0, 0.1) is 18.3 Å². The van der Waals surface area contributed by atoms with Crippen molar-refractivity contribution in [3.05, 3.63) is 29.5 Å². The molecule has 18 heavy (non-hydrogen) atoms. The van der Waals surface area contributed by atoms with Gasteiger partial charge in [-0.2, -0.15) is 5.26 Å². The minimum Gasteiger partial charge on any atom is -0.491 e. The first kappa shape index (κ1) is 12.5. The van der Waals surface area contributed by atoms with E-state index < -0.39 is 0 Å². The summed E-state index contributed by atoms with van der Waals surface area (Å²) in [6, 6.07) is 8.28. The lowest BCUT2D eigenvalue weighted by molar-refractivity contribution is 0.243. The number of nitriles is 1. The second kappa shape index (κ2) is 5.14. The summed E-state index contributed by atoms with van der Waals surface area (Å²) in [7, 11) is 0. The Hall–Kier alpha value is -1.95. The maximum Gasteiger partial charge on any atom is 0.120 e. The van der Waals surface area contributed by atoms with Crippen LogP contribution in [-0.2, 0) is 6.42 Å². The van der Waals surface area contributed by atoms with E-state index in [2.05, 4.69) is 24.0 Å². The number of hydrogen-bond acceptors (Lipinski definition) is 2. The molecule has 2 rings (SSSR count). The van der Waals surface area contributed by atoms with Crippen LogP contribution in [0.2, 0.25) is 0 Å². The lowest BCUT2D eigenvalue weighted by Crippen LogP contribution is -2.05. The lowest BCUT2D eigenvalue weighted by Gasteiger charge is -2.09. The second-order valence-corrected chi connectivity index (χ2v) is 4.76. The van der Waals surface area contributed by atoms with Crippen LogP contribution >= 0.6 is 0 Å². The molecule has 0 fully saturated rings. The number of nitrogens with one attached hydrogen (secondary N) is 1. The van der Waals surface area contributed by atoms with Crippen LogP contribution in [0.25, 0.3) is 10.9 Å². The lowest BCUT2D eigenvalue weighted by atomic mass is 10.1. The van der Waals surface area contributed by atoms with Gasteiger partial charge in [-0.15, -0.1) is 0 Å². The third-order valence-corrected chi connectivity index (χ3v) is 2.95. The number of aromatic amines is 1. The molecule has 94 valence electrons. The minimum absolute atomic E-state index is 0.171. The van der Waals surface area contributed by atoms with Crippen molar-refractivity contribution >= 4 is 10.9 Å². The number of fused-ring (bicyclic) bond motifs is 1. The first-order chi connectivity index (χ1) is 8.61. The standard InChI is InChI=1S/C15H18N2O/c1-10(2)18-12-6-7-15-14(9-12)13(5-4-8-16)11(3)17-15/h6-7,9-10,17H,4-5H2,1-3H3. The molecule has 1 aromatic heterocycles. The van der Waals surface area contributed by atoms with Crippen molar-refractivity contribution in [2.75, 3.05) is 0 Å². The zero-order valence-electron chi connectivity index (χ0n) is 11.1. The Morgan fingerprint density at radius 3 is 2.83 bits per heavy atom. The Labute approximate surface area is 107 Å². The van der Waals surface area contributed by atoms with Gasteiger partial charge in [0, 0.05) is 23.0 Å².